The van der Waals surface area contributed by atoms with Gasteiger partial charge in [0.2, 0.25) is 0 Å². The molecule has 2 saturated heterocycles. The van der Waals surface area contributed by atoms with Gasteiger partial charge in [0.1, 0.15) is 5.60 Å². The highest BCUT2D eigenvalue weighted by atomic mass is 19.4. The minimum absolute atomic E-state index is 0.180. The van der Waals surface area contributed by atoms with Crippen LogP contribution in [0.15, 0.2) is 6.20 Å². The first kappa shape index (κ1) is 20.6. The van der Waals surface area contributed by atoms with Crippen molar-refractivity contribution in [2.24, 2.45) is 5.41 Å². The summed E-state index contributed by atoms with van der Waals surface area (Å²) in [5.74, 6) is -1.36. The first-order chi connectivity index (χ1) is 12.9. The van der Waals surface area contributed by atoms with Gasteiger partial charge in [-0.2, -0.15) is 17.6 Å². The largest absolute Gasteiger partial charge is 0.444 e. The van der Waals surface area contributed by atoms with Gasteiger partial charge in [0, 0.05) is 26.2 Å². The lowest BCUT2D eigenvalue weighted by Crippen LogP contribution is -2.46. The number of aromatic nitrogens is 2. The Balaban J connectivity index is 1.66. The fourth-order valence-corrected chi connectivity index (χ4v) is 3.72. The lowest BCUT2D eigenvalue weighted by molar-refractivity contribution is -0.141. The predicted octanol–water partition coefficient (Wildman–Crippen LogP) is 3.86. The number of carbonyl (C=O) groups is 1. The molecule has 3 heterocycles. The van der Waals surface area contributed by atoms with E-state index >= 15 is 0 Å². The SMILES string of the molecule is CC(C)(C)OC(=O)N1CCC2(CC1)CCN(c1nc(C(F)(F)F)cnc1F)C2. The topological polar surface area (TPSA) is 58.6 Å². The Kier molecular flexibility index (Phi) is 5.18. The number of anilines is 1. The van der Waals surface area contributed by atoms with Crippen LogP contribution in [-0.2, 0) is 10.9 Å². The van der Waals surface area contributed by atoms with Crippen molar-refractivity contribution >= 4 is 11.9 Å². The molecule has 3 rings (SSSR count). The van der Waals surface area contributed by atoms with E-state index in [0.717, 1.165) is 0 Å². The molecule has 0 N–H and O–H groups in total. The summed E-state index contributed by atoms with van der Waals surface area (Å²) in [6, 6.07) is 0. The van der Waals surface area contributed by atoms with Crippen LogP contribution in [0.25, 0.3) is 0 Å². The molecule has 2 aliphatic heterocycles. The Bertz CT molecular complexity index is 740. The Labute approximate surface area is 160 Å². The number of alkyl halides is 3. The van der Waals surface area contributed by atoms with Crippen LogP contribution < -0.4 is 4.90 Å². The van der Waals surface area contributed by atoms with Crippen LogP contribution in [0, 0.1) is 11.4 Å². The van der Waals surface area contributed by atoms with E-state index in [2.05, 4.69) is 9.97 Å². The molecule has 10 heteroatoms. The van der Waals surface area contributed by atoms with E-state index in [1.54, 1.807) is 25.7 Å². The molecule has 0 aromatic carbocycles. The maximum atomic E-state index is 14.0. The first-order valence-electron chi connectivity index (χ1n) is 9.21. The van der Waals surface area contributed by atoms with Gasteiger partial charge in [-0.15, -0.1) is 0 Å². The molecule has 1 amide bonds. The van der Waals surface area contributed by atoms with E-state index in [4.69, 9.17) is 4.74 Å². The van der Waals surface area contributed by atoms with Gasteiger partial charge in [0.15, 0.2) is 11.5 Å². The van der Waals surface area contributed by atoms with Gasteiger partial charge in [-0.25, -0.2) is 14.8 Å². The van der Waals surface area contributed by atoms with Crippen molar-refractivity contribution < 1.29 is 27.1 Å². The van der Waals surface area contributed by atoms with Crippen LogP contribution in [0.1, 0.15) is 45.7 Å². The van der Waals surface area contributed by atoms with E-state index in [1.165, 1.54) is 4.90 Å². The van der Waals surface area contributed by atoms with Crippen LogP contribution >= 0.6 is 0 Å². The van der Waals surface area contributed by atoms with Gasteiger partial charge in [0.05, 0.1) is 6.20 Å². The van der Waals surface area contributed by atoms with Gasteiger partial charge in [-0.05, 0) is 45.4 Å². The molecule has 1 aromatic rings. The number of hydrogen-bond donors (Lipinski definition) is 0. The zero-order valence-corrected chi connectivity index (χ0v) is 16.1. The summed E-state index contributed by atoms with van der Waals surface area (Å²) in [6.07, 6.45) is -2.58. The second-order valence-electron chi connectivity index (χ2n) is 8.51. The van der Waals surface area contributed by atoms with Crippen LogP contribution in [0.2, 0.25) is 0 Å². The highest BCUT2D eigenvalue weighted by Crippen LogP contribution is 2.42. The Morgan fingerprint density at radius 3 is 2.32 bits per heavy atom. The molecule has 0 unspecified atom stereocenters. The number of ether oxygens (including phenoxy) is 1. The quantitative estimate of drug-likeness (QED) is 0.666. The van der Waals surface area contributed by atoms with Crippen molar-refractivity contribution in [2.45, 2.75) is 51.8 Å². The molecule has 156 valence electrons. The second kappa shape index (κ2) is 7.04. The van der Waals surface area contributed by atoms with Gasteiger partial charge in [-0.1, -0.05) is 0 Å². The minimum atomic E-state index is -4.67. The number of carbonyl (C=O) groups excluding carboxylic acids is 1. The molecule has 6 nitrogen and oxygen atoms in total. The highest BCUT2D eigenvalue weighted by molar-refractivity contribution is 5.68. The van der Waals surface area contributed by atoms with Gasteiger partial charge in [0.25, 0.3) is 5.95 Å². The van der Waals surface area contributed by atoms with Crippen molar-refractivity contribution in [3.05, 3.63) is 17.8 Å². The number of rotatable bonds is 1. The summed E-state index contributed by atoms with van der Waals surface area (Å²) in [5, 5.41) is 0. The summed E-state index contributed by atoms with van der Waals surface area (Å²) in [5.41, 5.74) is -1.96. The fourth-order valence-electron chi connectivity index (χ4n) is 3.72. The molecule has 1 spiro atoms. The number of likely N-dealkylation sites (tertiary alicyclic amines) is 1. The molecule has 0 saturated carbocycles. The van der Waals surface area contributed by atoms with E-state index in [-0.39, 0.29) is 17.3 Å². The maximum absolute atomic E-state index is 14.0. The standard InChI is InChI=1S/C18H24F4N4O2/c1-16(2,3)28-15(27)25-7-4-17(5-8-25)6-9-26(11-17)14-13(19)23-10-12(24-14)18(20,21)22/h10H,4-9,11H2,1-3H3. The molecule has 1 aromatic heterocycles. The maximum Gasteiger partial charge on any atom is 0.434 e. The average molecular weight is 404 g/mol. The van der Waals surface area contributed by atoms with Gasteiger partial charge in [-0.3, -0.25) is 0 Å². The molecule has 0 radical (unpaired) electrons. The van der Waals surface area contributed by atoms with Crippen molar-refractivity contribution in [2.75, 3.05) is 31.1 Å². The van der Waals surface area contributed by atoms with Crippen LogP contribution in [0.4, 0.5) is 28.2 Å². The smallest absolute Gasteiger partial charge is 0.434 e. The normalized spacial score (nSPS) is 20.0. The van der Waals surface area contributed by atoms with E-state index in [9.17, 15) is 22.4 Å². The number of piperidine rings is 1. The van der Waals surface area contributed by atoms with E-state index in [1.807, 2.05) is 0 Å². The summed E-state index contributed by atoms with van der Waals surface area (Å²) in [6.45, 7) is 7.20. The molecule has 28 heavy (non-hydrogen) atoms. The number of amides is 1. The van der Waals surface area contributed by atoms with Gasteiger partial charge >= 0.3 is 12.3 Å². The van der Waals surface area contributed by atoms with Crippen LogP contribution in [0.5, 0.6) is 0 Å². The van der Waals surface area contributed by atoms with Crippen molar-refractivity contribution in [1.82, 2.24) is 14.9 Å². The Morgan fingerprint density at radius 1 is 1.14 bits per heavy atom. The zero-order chi connectivity index (χ0) is 20.7. The highest BCUT2D eigenvalue weighted by Gasteiger charge is 2.43. The van der Waals surface area contributed by atoms with Crippen LogP contribution in [-0.4, -0.2) is 52.7 Å². The van der Waals surface area contributed by atoms with E-state index < -0.39 is 23.4 Å². The molecule has 0 aliphatic carbocycles. The first-order valence-corrected chi connectivity index (χ1v) is 9.21. The molecular weight excluding hydrogens is 380 g/mol. The Hall–Kier alpha value is -2.13. The molecule has 2 fully saturated rings. The predicted molar refractivity (Wildman–Crippen MR) is 93.3 cm³/mol. The summed E-state index contributed by atoms with van der Waals surface area (Å²) in [4.78, 5) is 22.1. The lowest BCUT2D eigenvalue weighted by Gasteiger charge is -2.39. The van der Waals surface area contributed by atoms with E-state index in [0.29, 0.717) is 51.6 Å². The number of nitrogens with zero attached hydrogens (tertiary/aromatic N) is 4. The Morgan fingerprint density at radius 2 is 1.75 bits per heavy atom. The van der Waals surface area contributed by atoms with Crippen molar-refractivity contribution in [3.8, 4) is 0 Å². The number of halogens is 4. The van der Waals surface area contributed by atoms with Crippen molar-refractivity contribution in [1.29, 1.82) is 0 Å². The van der Waals surface area contributed by atoms with Crippen molar-refractivity contribution in [3.63, 3.8) is 0 Å². The lowest BCUT2D eigenvalue weighted by atomic mass is 9.78. The molecule has 0 bridgehead atoms. The second-order valence-corrected chi connectivity index (χ2v) is 8.51. The third-order valence-corrected chi connectivity index (χ3v) is 5.22. The molecular formula is C18H24F4N4O2. The zero-order valence-electron chi connectivity index (χ0n) is 16.1. The molecule has 0 atom stereocenters. The molecule has 2 aliphatic rings. The minimum Gasteiger partial charge on any atom is -0.444 e. The fraction of sp³-hybridized carbons (Fsp3) is 0.722. The van der Waals surface area contributed by atoms with Gasteiger partial charge < -0.3 is 14.5 Å². The summed E-state index contributed by atoms with van der Waals surface area (Å²) >= 11 is 0. The average Bonchev–Trinajstić information content (AvgIpc) is 2.96. The monoisotopic (exact) mass is 404 g/mol. The summed E-state index contributed by atoms with van der Waals surface area (Å²) < 4.78 is 58.1. The third kappa shape index (κ3) is 4.47. The van der Waals surface area contributed by atoms with Crippen LogP contribution in [0.3, 0.4) is 0 Å². The third-order valence-electron chi connectivity index (χ3n) is 5.22. The summed E-state index contributed by atoms with van der Waals surface area (Å²) in [7, 11) is 0. The number of hydrogen-bond acceptors (Lipinski definition) is 5.